The summed E-state index contributed by atoms with van der Waals surface area (Å²) in [6.07, 6.45) is 3.58. The van der Waals surface area contributed by atoms with Crippen LogP contribution in [-0.4, -0.2) is 6.54 Å². The smallest absolute Gasteiger partial charge is 0.00743 e. The van der Waals surface area contributed by atoms with Crippen molar-refractivity contribution in [2.75, 3.05) is 6.54 Å². The molecule has 0 saturated heterocycles. The van der Waals surface area contributed by atoms with Gasteiger partial charge in [-0.1, -0.05) is 12.7 Å². The SMILES string of the molecule is [CH]=CCCCN. The van der Waals surface area contributed by atoms with Crippen molar-refractivity contribution in [2.45, 2.75) is 12.8 Å². The molecule has 0 rings (SSSR count). The molecule has 0 atom stereocenters. The second-order valence-electron chi connectivity index (χ2n) is 1.17. The Hall–Kier alpha value is -0.300. The van der Waals surface area contributed by atoms with Crippen LogP contribution in [0.4, 0.5) is 0 Å². The molecule has 0 aliphatic carbocycles. The van der Waals surface area contributed by atoms with Crippen molar-refractivity contribution < 1.29 is 0 Å². The summed E-state index contributed by atoms with van der Waals surface area (Å²) in [5, 5.41) is 0. The number of rotatable bonds is 3. The quantitative estimate of drug-likeness (QED) is 0.501. The number of nitrogens with two attached hydrogens (primary N) is 1. The molecular weight excluding hydrogens is 74.1 g/mol. The van der Waals surface area contributed by atoms with Crippen LogP contribution in [0, 0.1) is 6.58 Å². The molecule has 0 spiro atoms. The van der Waals surface area contributed by atoms with Crippen LogP contribution in [-0.2, 0) is 0 Å². The Balaban J connectivity index is 2.49. The third-order valence-electron chi connectivity index (χ3n) is 0.575. The minimum absolute atomic E-state index is 0.744. The van der Waals surface area contributed by atoms with Crippen LogP contribution in [0.3, 0.4) is 0 Å². The summed E-state index contributed by atoms with van der Waals surface area (Å²) in [7, 11) is 0. The Morgan fingerprint density at radius 2 is 2.33 bits per heavy atom. The van der Waals surface area contributed by atoms with E-state index in [0.717, 1.165) is 19.4 Å². The zero-order valence-electron chi connectivity index (χ0n) is 3.85. The molecule has 6 heavy (non-hydrogen) atoms. The standard InChI is InChI=1S/C5H10N/c1-2-3-4-5-6/h1-2H,3-6H2. The van der Waals surface area contributed by atoms with Crippen molar-refractivity contribution in [3.05, 3.63) is 12.7 Å². The molecule has 1 nitrogen and oxygen atoms in total. The van der Waals surface area contributed by atoms with Gasteiger partial charge in [0, 0.05) is 0 Å². The molecule has 0 bridgehead atoms. The first-order chi connectivity index (χ1) is 2.91. The van der Waals surface area contributed by atoms with Crippen LogP contribution < -0.4 is 5.73 Å². The van der Waals surface area contributed by atoms with Gasteiger partial charge in [0.1, 0.15) is 0 Å². The molecule has 0 aliphatic rings. The lowest BCUT2D eigenvalue weighted by molar-refractivity contribution is 0.855. The third kappa shape index (κ3) is 3.70. The zero-order valence-corrected chi connectivity index (χ0v) is 3.85. The van der Waals surface area contributed by atoms with E-state index in [0.29, 0.717) is 0 Å². The van der Waals surface area contributed by atoms with Gasteiger partial charge in [0.25, 0.3) is 0 Å². The highest BCUT2D eigenvalue weighted by Gasteiger charge is 1.71. The van der Waals surface area contributed by atoms with Crippen LogP contribution in [0.2, 0.25) is 0 Å². The van der Waals surface area contributed by atoms with Crippen molar-refractivity contribution in [3.8, 4) is 0 Å². The molecule has 0 aromatic heterocycles. The summed E-state index contributed by atoms with van der Waals surface area (Å²) >= 11 is 0. The lowest BCUT2D eigenvalue weighted by atomic mass is 10.3. The molecule has 0 saturated carbocycles. The molecule has 2 N–H and O–H groups in total. The van der Waals surface area contributed by atoms with E-state index < -0.39 is 0 Å². The molecule has 0 fully saturated rings. The van der Waals surface area contributed by atoms with Crippen LogP contribution in [0.25, 0.3) is 0 Å². The maximum absolute atomic E-state index is 5.14. The first-order valence-electron chi connectivity index (χ1n) is 2.15. The lowest BCUT2D eigenvalue weighted by Gasteiger charge is -1.82. The van der Waals surface area contributed by atoms with Crippen LogP contribution in [0.5, 0.6) is 0 Å². The molecule has 0 heterocycles. The van der Waals surface area contributed by atoms with Gasteiger partial charge in [-0.05, 0) is 19.4 Å². The van der Waals surface area contributed by atoms with Crippen molar-refractivity contribution >= 4 is 0 Å². The average Bonchev–Trinajstić information content (AvgIpc) is 1.61. The molecule has 0 aromatic carbocycles. The Bertz CT molecular complexity index is 32.9. The summed E-state index contributed by atoms with van der Waals surface area (Å²) in [4.78, 5) is 0. The van der Waals surface area contributed by atoms with Crippen molar-refractivity contribution in [3.63, 3.8) is 0 Å². The van der Waals surface area contributed by atoms with Crippen molar-refractivity contribution in [2.24, 2.45) is 5.73 Å². The molecule has 0 aliphatic heterocycles. The second-order valence-corrected chi connectivity index (χ2v) is 1.17. The summed E-state index contributed by atoms with van der Waals surface area (Å²) in [5.74, 6) is 0. The first-order valence-corrected chi connectivity index (χ1v) is 2.15. The maximum Gasteiger partial charge on any atom is -0.00743 e. The number of hydrogen-bond acceptors (Lipinski definition) is 1. The molecule has 1 radical (unpaired) electrons. The first kappa shape index (κ1) is 5.70. The fourth-order valence-corrected chi connectivity index (χ4v) is 0.236. The van der Waals surface area contributed by atoms with E-state index >= 15 is 0 Å². The highest BCUT2D eigenvalue weighted by molar-refractivity contribution is 4.61. The Morgan fingerprint density at radius 3 is 2.50 bits per heavy atom. The normalized spacial score (nSPS) is 8.17. The van der Waals surface area contributed by atoms with Gasteiger partial charge in [-0.15, -0.1) is 0 Å². The van der Waals surface area contributed by atoms with E-state index in [9.17, 15) is 0 Å². The van der Waals surface area contributed by atoms with Crippen LogP contribution in [0.15, 0.2) is 6.08 Å². The topological polar surface area (TPSA) is 26.0 Å². The van der Waals surface area contributed by atoms with Crippen LogP contribution >= 0.6 is 0 Å². The van der Waals surface area contributed by atoms with E-state index in [1.807, 2.05) is 0 Å². The van der Waals surface area contributed by atoms with E-state index in [4.69, 9.17) is 12.3 Å². The highest BCUT2D eigenvalue weighted by atomic mass is 14.5. The number of unbranched alkanes of at least 4 members (excludes halogenated alkanes) is 1. The van der Waals surface area contributed by atoms with E-state index in [2.05, 4.69) is 0 Å². The van der Waals surface area contributed by atoms with Gasteiger partial charge < -0.3 is 5.73 Å². The summed E-state index contributed by atoms with van der Waals surface area (Å²) < 4.78 is 0. The maximum atomic E-state index is 5.14. The number of hydrogen-bond donors (Lipinski definition) is 1. The fourth-order valence-electron chi connectivity index (χ4n) is 0.236. The molecule has 0 amide bonds. The van der Waals surface area contributed by atoms with E-state index in [-0.39, 0.29) is 0 Å². The molecule has 0 aromatic rings. The van der Waals surface area contributed by atoms with Gasteiger partial charge in [0.2, 0.25) is 0 Å². The Labute approximate surface area is 38.8 Å². The minimum atomic E-state index is 0.744. The molecule has 0 unspecified atom stereocenters. The molecule has 1 heteroatoms. The lowest BCUT2D eigenvalue weighted by Crippen LogP contribution is -1.96. The highest BCUT2D eigenvalue weighted by Crippen LogP contribution is 1.81. The minimum Gasteiger partial charge on any atom is -0.330 e. The predicted molar refractivity (Wildman–Crippen MR) is 27.2 cm³/mol. The van der Waals surface area contributed by atoms with Crippen molar-refractivity contribution in [1.29, 1.82) is 0 Å². The van der Waals surface area contributed by atoms with Gasteiger partial charge in [-0.3, -0.25) is 0 Å². The van der Waals surface area contributed by atoms with Gasteiger partial charge in [-0.25, -0.2) is 0 Å². The van der Waals surface area contributed by atoms with Gasteiger partial charge in [0.05, 0.1) is 0 Å². The monoisotopic (exact) mass is 84.1 g/mol. The van der Waals surface area contributed by atoms with Crippen molar-refractivity contribution in [1.82, 2.24) is 0 Å². The van der Waals surface area contributed by atoms with E-state index in [1.54, 1.807) is 6.08 Å². The van der Waals surface area contributed by atoms with Gasteiger partial charge in [-0.2, -0.15) is 0 Å². The van der Waals surface area contributed by atoms with E-state index in [1.165, 1.54) is 0 Å². The third-order valence-corrected chi connectivity index (χ3v) is 0.575. The Morgan fingerprint density at radius 1 is 1.67 bits per heavy atom. The predicted octanol–water partition coefficient (Wildman–Crippen LogP) is 0.714. The summed E-state index contributed by atoms with van der Waals surface area (Å²) in [5.41, 5.74) is 5.14. The second kappa shape index (κ2) is 4.70. The average molecular weight is 84.1 g/mol. The Kier molecular flexibility index (Phi) is 4.46. The van der Waals surface area contributed by atoms with Crippen LogP contribution in [0.1, 0.15) is 12.8 Å². The number of allylic oxidation sites excluding steroid dienone is 1. The zero-order chi connectivity index (χ0) is 4.83. The summed E-state index contributed by atoms with van der Waals surface area (Å²) in [6, 6.07) is 0. The fraction of sp³-hybridized carbons (Fsp3) is 0.600. The molecule has 35 valence electrons. The van der Waals surface area contributed by atoms with Gasteiger partial charge >= 0.3 is 0 Å². The molecular formula is C5H10N. The largest absolute Gasteiger partial charge is 0.330 e. The van der Waals surface area contributed by atoms with Gasteiger partial charge in [0.15, 0.2) is 0 Å². The summed E-state index contributed by atoms with van der Waals surface area (Å²) in [6.45, 7) is 5.78.